The molecule has 8 heteroatoms. The molecular formula is C19H32IN7. The van der Waals surface area contributed by atoms with Gasteiger partial charge in [0.1, 0.15) is 0 Å². The number of anilines is 3. The lowest BCUT2D eigenvalue weighted by molar-refractivity contribution is 0.266. The average Bonchev–Trinajstić information content (AvgIpc) is 2.69. The quantitative estimate of drug-likeness (QED) is 0.388. The van der Waals surface area contributed by atoms with Crippen LogP contribution in [-0.2, 0) is 0 Å². The molecule has 2 N–H and O–H groups in total. The monoisotopic (exact) mass is 485 g/mol. The highest BCUT2D eigenvalue weighted by Gasteiger charge is 2.22. The molecule has 0 bridgehead atoms. The highest BCUT2D eigenvalue weighted by Crippen LogP contribution is 2.32. The first kappa shape index (κ1) is 19.5. The summed E-state index contributed by atoms with van der Waals surface area (Å²) < 4.78 is 2.39. The summed E-state index contributed by atoms with van der Waals surface area (Å²) in [7, 11) is 2.22. The standard InChI is InChI=1S/C19H32IN7/c1-22-2-4-23(5-3-22)17-14-18(24-6-10-26(20)11-7-24)16-19(15-17)25-8-12-27(21)13-9-25/h14-16H,2-13,21H2,1H3. The van der Waals surface area contributed by atoms with Gasteiger partial charge in [0.25, 0.3) is 0 Å². The van der Waals surface area contributed by atoms with Crippen LogP contribution in [0.15, 0.2) is 18.2 Å². The van der Waals surface area contributed by atoms with Crippen LogP contribution in [0.2, 0.25) is 0 Å². The van der Waals surface area contributed by atoms with Gasteiger partial charge in [0.05, 0.1) is 0 Å². The molecule has 0 unspecified atom stereocenters. The van der Waals surface area contributed by atoms with E-state index in [1.54, 1.807) is 0 Å². The second-order valence-corrected chi connectivity index (χ2v) is 9.28. The number of likely N-dealkylation sites (N-methyl/N-ethyl adjacent to an activating group) is 1. The maximum atomic E-state index is 5.97. The maximum absolute atomic E-state index is 5.97. The summed E-state index contributed by atoms with van der Waals surface area (Å²) in [6.45, 7) is 12.8. The zero-order valence-corrected chi connectivity index (χ0v) is 18.5. The molecule has 0 radical (unpaired) electrons. The van der Waals surface area contributed by atoms with Crippen molar-refractivity contribution >= 4 is 39.9 Å². The largest absolute Gasteiger partial charge is 0.369 e. The summed E-state index contributed by atoms with van der Waals surface area (Å²) >= 11 is 2.44. The molecule has 4 rings (SSSR count). The molecule has 1 aromatic rings. The summed E-state index contributed by atoms with van der Waals surface area (Å²) in [4.78, 5) is 10.0. The van der Waals surface area contributed by atoms with Gasteiger partial charge in [0.2, 0.25) is 0 Å². The van der Waals surface area contributed by atoms with Crippen molar-refractivity contribution < 1.29 is 0 Å². The second-order valence-electron chi connectivity index (χ2n) is 7.92. The Morgan fingerprint density at radius 1 is 0.630 bits per heavy atom. The van der Waals surface area contributed by atoms with Gasteiger partial charge in [0, 0.05) is 118 Å². The molecule has 0 aliphatic carbocycles. The Morgan fingerprint density at radius 2 is 1.00 bits per heavy atom. The molecule has 0 aromatic heterocycles. The van der Waals surface area contributed by atoms with Crippen LogP contribution < -0.4 is 20.5 Å². The van der Waals surface area contributed by atoms with Crippen molar-refractivity contribution in [3.63, 3.8) is 0 Å². The molecule has 3 saturated heterocycles. The fraction of sp³-hybridized carbons (Fsp3) is 0.684. The predicted molar refractivity (Wildman–Crippen MR) is 122 cm³/mol. The number of halogens is 1. The summed E-state index contributed by atoms with van der Waals surface area (Å²) in [5.41, 5.74) is 4.11. The van der Waals surface area contributed by atoms with Gasteiger partial charge in [-0.2, -0.15) is 0 Å². The Kier molecular flexibility index (Phi) is 6.28. The molecule has 0 amide bonds. The second kappa shape index (κ2) is 8.69. The third-order valence-corrected chi connectivity index (χ3v) is 6.99. The topological polar surface area (TPSA) is 45.5 Å². The lowest BCUT2D eigenvalue weighted by atomic mass is 10.1. The van der Waals surface area contributed by atoms with E-state index in [9.17, 15) is 0 Å². The minimum atomic E-state index is 0.932. The Hall–Kier alpha value is -0.810. The number of nitrogens with two attached hydrogens (primary N) is 1. The number of benzene rings is 1. The molecule has 150 valence electrons. The van der Waals surface area contributed by atoms with Crippen LogP contribution in [0.5, 0.6) is 0 Å². The fourth-order valence-electron chi connectivity index (χ4n) is 4.11. The first-order valence-electron chi connectivity index (χ1n) is 10.1. The van der Waals surface area contributed by atoms with Crippen LogP contribution in [-0.4, -0.2) is 98.6 Å². The Balaban J connectivity index is 1.59. The van der Waals surface area contributed by atoms with Crippen molar-refractivity contribution in [3.05, 3.63) is 18.2 Å². The summed E-state index contributed by atoms with van der Waals surface area (Å²) in [6, 6.07) is 7.21. The van der Waals surface area contributed by atoms with Gasteiger partial charge in [-0.15, -0.1) is 0 Å². The number of piperazine rings is 3. The first-order valence-corrected chi connectivity index (χ1v) is 11.0. The number of rotatable bonds is 3. The summed E-state index contributed by atoms with van der Waals surface area (Å²) in [6.07, 6.45) is 0. The van der Waals surface area contributed by atoms with Crippen LogP contribution in [0.1, 0.15) is 0 Å². The van der Waals surface area contributed by atoms with Gasteiger partial charge in [-0.05, 0) is 25.2 Å². The highest BCUT2D eigenvalue weighted by atomic mass is 127. The molecule has 3 heterocycles. The van der Waals surface area contributed by atoms with E-state index in [0.717, 1.165) is 78.5 Å². The zero-order chi connectivity index (χ0) is 18.8. The van der Waals surface area contributed by atoms with Crippen molar-refractivity contribution in [2.45, 2.75) is 0 Å². The van der Waals surface area contributed by atoms with Crippen molar-refractivity contribution in [1.82, 2.24) is 13.0 Å². The smallest absolute Gasteiger partial charge is 0.0408 e. The zero-order valence-electron chi connectivity index (χ0n) is 16.4. The molecule has 3 aliphatic heterocycles. The SMILES string of the molecule is CN1CCN(c2cc(N3CCN(N)CC3)cc(N3CCN(I)CC3)c2)CC1. The minimum absolute atomic E-state index is 0.932. The van der Waals surface area contributed by atoms with Crippen molar-refractivity contribution in [2.75, 3.05) is 100 Å². The van der Waals surface area contributed by atoms with Gasteiger partial charge in [-0.25, -0.2) is 8.12 Å². The third-order valence-electron chi connectivity index (χ3n) is 6.03. The Bertz CT molecular complexity index is 520. The van der Waals surface area contributed by atoms with Crippen LogP contribution in [0.25, 0.3) is 0 Å². The van der Waals surface area contributed by atoms with Gasteiger partial charge < -0.3 is 19.6 Å². The average molecular weight is 485 g/mol. The molecule has 0 saturated carbocycles. The van der Waals surface area contributed by atoms with E-state index in [1.165, 1.54) is 17.1 Å². The molecule has 7 nitrogen and oxygen atoms in total. The van der Waals surface area contributed by atoms with Crippen LogP contribution in [0.3, 0.4) is 0 Å². The van der Waals surface area contributed by atoms with E-state index in [2.05, 4.69) is 70.8 Å². The Morgan fingerprint density at radius 3 is 1.44 bits per heavy atom. The van der Waals surface area contributed by atoms with Crippen LogP contribution >= 0.6 is 22.9 Å². The molecule has 0 spiro atoms. The summed E-state index contributed by atoms with van der Waals surface area (Å²) in [5, 5.41) is 1.93. The van der Waals surface area contributed by atoms with E-state index in [4.69, 9.17) is 5.84 Å². The number of hydrazine groups is 1. The number of nitrogens with zero attached hydrogens (tertiary/aromatic N) is 6. The molecular weight excluding hydrogens is 453 g/mol. The first-order chi connectivity index (χ1) is 13.1. The van der Waals surface area contributed by atoms with Gasteiger partial charge in [-0.1, -0.05) is 0 Å². The van der Waals surface area contributed by atoms with Crippen LogP contribution in [0, 0.1) is 0 Å². The summed E-state index contributed by atoms with van der Waals surface area (Å²) in [5.74, 6) is 5.97. The van der Waals surface area contributed by atoms with Crippen molar-refractivity contribution in [1.29, 1.82) is 0 Å². The van der Waals surface area contributed by atoms with Gasteiger partial charge in [-0.3, -0.25) is 5.84 Å². The molecule has 1 aromatic carbocycles. The fourth-order valence-corrected chi connectivity index (χ4v) is 4.54. The predicted octanol–water partition coefficient (Wildman–Crippen LogP) is 0.906. The molecule has 3 fully saturated rings. The van der Waals surface area contributed by atoms with Crippen molar-refractivity contribution in [2.24, 2.45) is 5.84 Å². The number of hydrogen-bond donors (Lipinski definition) is 1. The number of hydrogen-bond acceptors (Lipinski definition) is 7. The van der Waals surface area contributed by atoms with Gasteiger partial charge in [0.15, 0.2) is 0 Å². The lowest BCUT2D eigenvalue weighted by Gasteiger charge is -2.39. The van der Waals surface area contributed by atoms with Gasteiger partial charge >= 0.3 is 0 Å². The minimum Gasteiger partial charge on any atom is -0.369 e. The molecule has 3 aliphatic rings. The van der Waals surface area contributed by atoms with E-state index in [1.807, 2.05) is 5.01 Å². The van der Waals surface area contributed by atoms with E-state index in [-0.39, 0.29) is 0 Å². The van der Waals surface area contributed by atoms with E-state index in [0.29, 0.717) is 0 Å². The molecule has 0 atom stereocenters. The highest BCUT2D eigenvalue weighted by molar-refractivity contribution is 14.1. The van der Waals surface area contributed by atoms with E-state index >= 15 is 0 Å². The Labute approximate surface area is 177 Å². The third kappa shape index (κ3) is 4.79. The van der Waals surface area contributed by atoms with Crippen molar-refractivity contribution in [3.8, 4) is 0 Å². The maximum Gasteiger partial charge on any atom is 0.0408 e. The lowest BCUT2D eigenvalue weighted by Crippen LogP contribution is -2.49. The van der Waals surface area contributed by atoms with E-state index < -0.39 is 0 Å². The molecule has 27 heavy (non-hydrogen) atoms. The normalized spacial score (nSPS) is 23.9. The van der Waals surface area contributed by atoms with Crippen LogP contribution in [0.4, 0.5) is 17.1 Å².